The average molecular weight is 228 g/mol. The van der Waals surface area contributed by atoms with E-state index in [2.05, 4.69) is 28.9 Å². The van der Waals surface area contributed by atoms with Crippen molar-refractivity contribution in [2.24, 2.45) is 10.9 Å². The Morgan fingerprint density at radius 3 is 2.93 bits per heavy atom. The summed E-state index contributed by atoms with van der Waals surface area (Å²) in [5.74, 6) is 0.222. The van der Waals surface area contributed by atoms with Crippen molar-refractivity contribution < 1.29 is 5.21 Å². The molecule has 0 amide bonds. The van der Waals surface area contributed by atoms with Crippen LogP contribution in [0.1, 0.15) is 18.9 Å². The number of nitrogens with zero attached hydrogens (tertiary/aromatic N) is 3. The zero-order valence-electron chi connectivity index (χ0n) is 8.92. The van der Waals surface area contributed by atoms with Gasteiger partial charge in [0.05, 0.1) is 13.1 Å². The molecule has 6 heteroatoms. The molecule has 0 aliphatic carbocycles. The normalized spacial score (nSPS) is 12.7. The number of nitrogens with two attached hydrogens (primary N) is 1. The second-order valence-corrected chi connectivity index (χ2v) is 4.50. The topological polar surface area (TPSA) is 74.7 Å². The van der Waals surface area contributed by atoms with Crippen molar-refractivity contribution in [2.75, 3.05) is 6.54 Å². The Hall–Kier alpha value is -1.14. The molecule has 0 spiro atoms. The average Bonchev–Trinajstić information content (AvgIpc) is 2.69. The van der Waals surface area contributed by atoms with Crippen LogP contribution >= 0.6 is 11.3 Å². The SMILES string of the molecule is CC(C)N(CC(N)=NO)Cc1nccs1. The first-order valence-electron chi connectivity index (χ1n) is 4.72. The van der Waals surface area contributed by atoms with Gasteiger partial charge in [-0.05, 0) is 13.8 Å². The predicted octanol–water partition coefficient (Wildman–Crippen LogP) is 1.10. The van der Waals surface area contributed by atoms with Crippen molar-refractivity contribution in [3.05, 3.63) is 16.6 Å². The van der Waals surface area contributed by atoms with Gasteiger partial charge < -0.3 is 10.9 Å². The molecule has 0 aromatic carbocycles. The lowest BCUT2D eigenvalue weighted by Gasteiger charge is -2.24. The largest absolute Gasteiger partial charge is 0.409 e. The number of oxime groups is 1. The van der Waals surface area contributed by atoms with E-state index in [0.717, 1.165) is 11.6 Å². The monoisotopic (exact) mass is 228 g/mol. The fourth-order valence-electron chi connectivity index (χ4n) is 1.17. The molecule has 0 radical (unpaired) electrons. The minimum Gasteiger partial charge on any atom is -0.409 e. The lowest BCUT2D eigenvalue weighted by atomic mass is 10.3. The standard InChI is InChI=1S/C9H16N4OS/c1-7(2)13(5-8(10)12-14)6-9-11-3-4-15-9/h3-4,7,14H,5-6H2,1-2H3,(H2,10,12). The summed E-state index contributed by atoms with van der Waals surface area (Å²) in [6, 6.07) is 0.328. The molecule has 0 aliphatic heterocycles. The summed E-state index contributed by atoms with van der Waals surface area (Å²) in [5.41, 5.74) is 5.48. The van der Waals surface area contributed by atoms with Gasteiger partial charge in [0.1, 0.15) is 5.01 Å². The van der Waals surface area contributed by atoms with E-state index in [-0.39, 0.29) is 5.84 Å². The van der Waals surface area contributed by atoms with Gasteiger partial charge in [-0.15, -0.1) is 11.3 Å². The van der Waals surface area contributed by atoms with Gasteiger partial charge in [0.2, 0.25) is 0 Å². The molecule has 0 fully saturated rings. The molecule has 1 aromatic heterocycles. The van der Waals surface area contributed by atoms with Crippen LogP contribution in [0.15, 0.2) is 16.7 Å². The number of amidine groups is 1. The maximum atomic E-state index is 8.51. The minimum atomic E-state index is 0.222. The van der Waals surface area contributed by atoms with E-state index < -0.39 is 0 Å². The molecule has 15 heavy (non-hydrogen) atoms. The van der Waals surface area contributed by atoms with E-state index in [1.165, 1.54) is 0 Å². The summed E-state index contributed by atoms with van der Waals surface area (Å²) in [7, 11) is 0. The van der Waals surface area contributed by atoms with Crippen LogP contribution in [-0.4, -0.2) is 33.5 Å². The summed E-state index contributed by atoms with van der Waals surface area (Å²) in [6.45, 7) is 5.32. The maximum absolute atomic E-state index is 8.51. The summed E-state index contributed by atoms with van der Waals surface area (Å²) < 4.78 is 0. The quantitative estimate of drug-likeness (QED) is 0.342. The minimum absolute atomic E-state index is 0.222. The van der Waals surface area contributed by atoms with Crippen LogP contribution in [0.2, 0.25) is 0 Å². The van der Waals surface area contributed by atoms with Crippen LogP contribution in [0.5, 0.6) is 0 Å². The highest BCUT2D eigenvalue weighted by atomic mass is 32.1. The Bertz CT molecular complexity index is 310. The van der Waals surface area contributed by atoms with Crippen LogP contribution in [0, 0.1) is 0 Å². The lowest BCUT2D eigenvalue weighted by Crippen LogP contribution is -2.38. The first-order valence-corrected chi connectivity index (χ1v) is 5.60. The van der Waals surface area contributed by atoms with Gasteiger partial charge in [0, 0.05) is 17.6 Å². The van der Waals surface area contributed by atoms with Crippen molar-refractivity contribution in [1.82, 2.24) is 9.88 Å². The Balaban J connectivity index is 2.59. The highest BCUT2D eigenvalue weighted by molar-refractivity contribution is 7.09. The Labute approximate surface area is 93.2 Å². The Morgan fingerprint density at radius 2 is 2.47 bits per heavy atom. The van der Waals surface area contributed by atoms with Crippen molar-refractivity contribution >= 4 is 17.2 Å². The third-order valence-electron chi connectivity index (χ3n) is 2.05. The first-order chi connectivity index (χ1) is 7.13. The van der Waals surface area contributed by atoms with Gasteiger partial charge in [0.15, 0.2) is 5.84 Å². The summed E-state index contributed by atoms with van der Waals surface area (Å²) in [4.78, 5) is 6.30. The van der Waals surface area contributed by atoms with Crippen molar-refractivity contribution in [1.29, 1.82) is 0 Å². The predicted molar refractivity (Wildman–Crippen MR) is 61.1 cm³/mol. The van der Waals surface area contributed by atoms with Gasteiger partial charge in [0.25, 0.3) is 0 Å². The summed E-state index contributed by atoms with van der Waals surface area (Å²) in [6.07, 6.45) is 1.78. The third-order valence-corrected chi connectivity index (χ3v) is 2.81. The number of hydrogen-bond acceptors (Lipinski definition) is 5. The second kappa shape index (κ2) is 5.67. The molecule has 5 nitrogen and oxygen atoms in total. The lowest BCUT2D eigenvalue weighted by molar-refractivity contribution is 0.238. The molecule has 0 saturated carbocycles. The molecule has 1 rings (SSSR count). The van der Waals surface area contributed by atoms with E-state index in [1.54, 1.807) is 17.5 Å². The molecule has 84 valence electrons. The van der Waals surface area contributed by atoms with Crippen LogP contribution in [0.3, 0.4) is 0 Å². The van der Waals surface area contributed by atoms with Crippen molar-refractivity contribution in [2.45, 2.75) is 26.4 Å². The molecule has 3 N–H and O–H groups in total. The van der Waals surface area contributed by atoms with Crippen molar-refractivity contribution in [3.8, 4) is 0 Å². The van der Waals surface area contributed by atoms with Crippen LogP contribution < -0.4 is 5.73 Å². The highest BCUT2D eigenvalue weighted by Gasteiger charge is 2.13. The van der Waals surface area contributed by atoms with Gasteiger partial charge in [-0.1, -0.05) is 5.16 Å². The molecule has 0 saturated heterocycles. The highest BCUT2D eigenvalue weighted by Crippen LogP contribution is 2.10. The molecular formula is C9H16N4OS. The number of aromatic nitrogens is 1. The Morgan fingerprint density at radius 1 is 1.73 bits per heavy atom. The fourth-order valence-corrected chi connectivity index (χ4v) is 1.81. The number of hydrogen-bond donors (Lipinski definition) is 2. The second-order valence-electron chi connectivity index (χ2n) is 3.52. The van der Waals surface area contributed by atoms with E-state index in [0.29, 0.717) is 12.6 Å². The zero-order valence-corrected chi connectivity index (χ0v) is 9.74. The molecule has 0 atom stereocenters. The Kier molecular flexibility index (Phi) is 4.51. The molecule has 0 aliphatic rings. The van der Waals surface area contributed by atoms with Gasteiger partial charge >= 0.3 is 0 Å². The maximum Gasteiger partial charge on any atom is 0.153 e. The van der Waals surface area contributed by atoms with Gasteiger partial charge in [-0.25, -0.2) is 4.98 Å². The van der Waals surface area contributed by atoms with Crippen molar-refractivity contribution in [3.63, 3.8) is 0 Å². The van der Waals surface area contributed by atoms with Crippen LogP contribution in [0.4, 0.5) is 0 Å². The smallest absolute Gasteiger partial charge is 0.153 e. The third kappa shape index (κ3) is 3.85. The van der Waals surface area contributed by atoms with Gasteiger partial charge in [-0.2, -0.15) is 0 Å². The van der Waals surface area contributed by atoms with E-state index in [9.17, 15) is 0 Å². The van der Waals surface area contributed by atoms with Gasteiger partial charge in [-0.3, -0.25) is 4.90 Å². The fraction of sp³-hybridized carbons (Fsp3) is 0.556. The van der Waals surface area contributed by atoms with Crippen LogP contribution in [0.25, 0.3) is 0 Å². The number of rotatable bonds is 5. The first kappa shape index (κ1) is 11.9. The van der Waals surface area contributed by atoms with E-state index in [1.807, 2.05) is 5.38 Å². The number of thiazole rings is 1. The van der Waals surface area contributed by atoms with E-state index >= 15 is 0 Å². The molecule has 0 unspecified atom stereocenters. The summed E-state index contributed by atoms with van der Waals surface area (Å²) in [5, 5.41) is 14.5. The van der Waals surface area contributed by atoms with E-state index in [4.69, 9.17) is 10.9 Å². The molecule has 1 aromatic rings. The molecule has 1 heterocycles. The molecule has 0 bridgehead atoms. The molecular weight excluding hydrogens is 212 g/mol. The summed E-state index contributed by atoms with van der Waals surface area (Å²) >= 11 is 1.61. The van der Waals surface area contributed by atoms with Crippen LogP contribution in [-0.2, 0) is 6.54 Å². The zero-order chi connectivity index (χ0) is 11.3.